The predicted octanol–water partition coefficient (Wildman–Crippen LogP) is 1.95. The Morgan fingerprint density at radius 3 is 2.64 bits per heavy atom. The number of amides is 2. The first-order valence-electron chi connectivity index (χ1n) is 6.16. The molecule has 4 N–H and O–H groups in total. The van der Waals surface area contributed by atoms with Crippen molar-refractivity contribution >= 4 is 44.9 Å². The number of halogens is 1. The van der Waals surface area contributed by atoms with Crippen molar-refractivity contribution in [2.45, 2.75) is 0 Å². The highest BCUT2D eigenvalue weighted by atomic mass is 35.5. The van der Waals surface area contributed by atoms with E-state index in [0.29, 0.717) is 15.9 Å². The molecule has 1 aromatic carbocycles. The first kappa shape index (κ1) is 16.1. The molecular formula is C13H13ClN4O3S. The van der Waals surface area contributed by atoms with E-state index in [2.05, 4.69) is 15.6 Å². The molecule has 22 heavy (non-hydrogen) atoms. The summed E-state index contributed by atoms with van der Waals surface area (Å²) in [7, 11) is 1.65. The molecule has 0 atom stereocenters. The van der Waals surface area contributed by atoms with Crippen LogP contribution in [0.5, 0.6) is 5.75 Å². The number of primary amides is 1. The average molecular weight is 341 g/mol. The van der Waals surface area contributed by atoms with Gasteiger partial charge in [-0.2, -0.15) is 0 Å². The monoisotopic (exact) mass is 340 g/mol. The number of hydrogen-bond donors (Lipinski definition) is 3. The van der Waals surface area contributed by atoms with E-state index in [0.717, 1.165) is 11.3 Å². The van der Waals surface area contributed by atoms with Crippen molar-refractivity contribution in [3.63, 3.8) is 0 Å². The second kappa shape index (κ2) is 7.10. The molecule has 0 spiro atoms. The van der Waals surface area contributed by atoms with Crippen LogP contribution in [-0.2, 0) is 4.79 Å². The van der Waals surface area contributed by atoms with Crippen molar-refractivity contribution in [3.8, 4) is 5.75 Å². The third kappa shape index (κ3) is 4.09. The number of benzene rings is 1. The summed E-state index contributed by atoms with van der Waals surface area (Å²) in [5.74, 6) is -0.634. The van der Waals surface area contributed by atoms with Gasteiger partial charge in [-0.1, -0.05) is 22.9 Å². The number of thiazole rings is 1. The van der Waals surface area contributed by atoms with Crippen molar-refractivity contribution in [2.24, 2.45) is 5.73 Å². The molecule has 0 aliphatic rings. The van der Waals surface area contributed by atoms with Gasteiger partial charge in [0, 0.05) is 12.1 Å². The van der Waals surface area contributed by atoms with Crippen LogP contribution in [0.25, 0.3) is 0 Å². The fraction of sp³-hybridized carbons (Fsp3) is 0.154. The molecule has 116 valence electrons. The lowest BCUT2D eigenvalue weighted by molar-refractivity contribution is -0.118. The number of hydrogen-bond acceptors (Lipinski definition) is 6. The number of nitrogens with two attached hydrogens (primary N) is 1. The van der Waals surface area contributed by atoms with Crippen molar-refractivity contribution in [1.29, 1.82) is 0 Å². The SMILES string of the molecule is CNc1nc(C(N)=O)c(NC(=O)COc2ccc(Cl)cc2)s1. The molecule has 0 aliphatic heterocycles. The van der Waals surface area contributed by atoms with Crippen LogP contribution in [0.3, 0.4) is 0 Å². The summed E-state index contributed by atoms with van der Waals surface area (Å²) in [5.41, 5.74) is 5.23. The van der Waals surface area contributed by atoms with Gasteiger partial charge in [0.25, 0.3) is 11.8 Å². The van der Waals surface area contributed by atoms with Crippen LogP contribution in [0.15, 0.2) is 24.3 Å². The molecule has 0 saturated carbocycles. The lowest BCUT2D eigenvalue weighted by Gasteiger charge is -2.06. The van der Waals surface area contributed by atoms with Gasteiger partial charge in [0.2, 0.25) is 0 Å². The van der Waals surface area contributed by atoms with Crippen molar-refractivity contribution in [2.75, 3.05) is 24.3 Å². The average Bonchev–Trinajstić information content (AvgIpc) is 2.90. The van der Waals surface area contributed by atoms with Crippen LogP contribution in [0.4, 0.5) is 10.1 Å². The molecule has 0 unspecified atom stereocenters. The van der Waals surface area contributed by atoms with Gasteiger partial charge < -0.3 is 21.1 Å². The fourth-order valence-electron chi connectivity index (χ4n) is 1.52. The van der Waals surface area contributed by atoms with Crippen LogP contribution < -0.4 is 21.1 Å². The minimum absolute atomic E-state index is 0.00851. The smallest absolute Gasteiger partial charge is 0.270 e. The Hall–Kier alpha value is -2.32. The number of carbonyl (C=O) groups excluding carboxylic acids is 2. The van der Waals surface area contributed by atoms with Gasteiger partial charge in [-0.15, -0.1) is 0 Å². The van der Waals surface area contributed by atoms with Gasteiger partial charge in [0.1, 0.15) is 10.8 Å². The standard InChI is InChI=1S/C13H13ClN4O3S/c1-16-13-18-10(11(15)20)12(22-13)17-9(19)6-21-8-4-2-7(14)3-5-8/h2-5H,6H2,1H3,(H2,15,20)(H,16,18)(H,17,19). The van der Waals surface area contributed by atoms with Gasteiger partial charge in [-0.05, 0) is 24.3 Å². The highest BCUT2D eigenvalue weighted by molar-refractivity contribution is 7.20. The molecule has 0 bridgehead atoms. The number of ether oxygens (including phenoxy) is 1. The van der Waals surface area contributed by atoms with Crippen LogP contribution in [0.2, 0.25) is 5.02 Å². The Labute approximate surface area is 135 Å². The highest BCUT2D eigenvalue weighted by Crippen LogP contribution is 2.27. The molecule has 0 fully saturated rings. The topological polar surface area (TPSA) is 106 Å². The van der Waals surface area contributed by atoms with Crippen LogP contribution in [0, 0.1) is 0 Å². The summed E-state index contributed by atoms with van der Waals surface area (Å²) in [6.45, 7) is -0.216. The predicted molar refractivity (Wildman–Crippen MR) is 85.8 cm³/mol. The van der Waals surface area contributed by atoms with Crippen LogP contribution in [0.1, 0.15) is 10.5 Å². The Morgan fingerprint density at radius 2 is 2.05 bits per heavy atom. The first-order valence-corrected chi connectivity index (χ1v) is 7.35. The molecule has 7 nitrogen and oxygen atoms in total. The maximum Gasteiger partial charge on any atom is 0.270 e. The lowest BCUT2D eigenvalue weighted by atomic mass is 10.3. The summed E-state index contributed by atoms with van der Waals surface area (Å²) in [6, 6.07) is 6.61. The van der Waals surface area contributed by atoms with Gasteiger partial charge in [0.15, 0.2) is 17.4 Å². The molecule has 0 saturated heterocycles. The van der Waals surface area contributed by atoms with Gasteiger partial charge in [-0.25, -0.2) is 4.98 Å². The largest absolute Gasteiger partial charge is 0.484 e. The quantitative estimate of drug-likeness (QED) is 0.745. The van der Waals surface area contributed by atoms with E-state index in [1.54, 1.807) is 31.3 Å². The van der Waals surface area contributed by atoms with Gasteiger partial charge in [-0.3, -0.25) is 9.59 Å². The summed E-state index contributed by atoms with van der Waals surface area (Å²) in [6.07, 6.45) is 0. The Morgan fingerprint density at radius 1 is 1.36 bits per heavy atom. The first-order chi connectivity index (χ1) is 10.5. The maximum absolute atomic E-state index is 11.9. The number of anilines is 2. The van der Waals surface area contributed by atoms with Crippen molar-refractivity contribution in [1.82, 2.24) is 4.98 Å². The second-order valence-electron chi connectivity index (χ2n) is 4.10. The molecular weight excluding hydrogens is 328 g/mol. The van der Waals surface area contributed by atoms with Gasteiger partial charge in [0.05, 0.1) is 0 Å². The number of nitrogens with zero attached hydrogens (tertiary/aromatic N) is 1. The minimum atomic E-state index is -0.716. The normalized spacial score (nSPS) is 10.1. The van der Waals surface area contributed by atoms with Gasteiger partial charge >= 0.3 is 0 Å². The zero-order valence-electron chi connectivity index (χ0n) is 11.6. The van der Waals surface area contributed by atoms with Crippen molar-refractivity contribution in [3.05, 3.63) is 35.0 Å². The van der Waals surface area contributed by atoms with E-state index < -0.39 is 11.8 Å². The number of nitrogens with one attached hydrogen (secondary N) is 2. The molecule has 2 aromatic rings. The molecule has 0 aliphatic carbocycles. The van der Waals surface area contributed by atoms with E-state index >= 15 is 0 Å². The third-order valence-corrected chi connectivity index (χ3v) is 3.75. The Balaban J connectivity index is 1.98. The number of carbonyl (C=O) groups is 2. The Bertz CT molecular complexity index is 687. The summed E-state index contributed by atoms with van der Waals surface area (Å²) >= 11 is 6.87. The fourth-order valence-corrected chi connectivity index (χ4v) is 2.49. The zero-order chi connectivity index (χ0) is 16.1. The van der Waals surface area contributed by atoms with E-state index in [-0.39, 0.29) is 17.3 Å². The summed E-state index contributed by atoms with van der Waals surface area (Å²) in [4.78, 5) is 27.1. The molecule has 2 amide bonds. The van der Waals surface area contributed by atoms with Crippen LogP contribution >= 0.6 is 22.9 Å². The van der Waals surface area contributed by atoms with E-state index in [1.165, 1.54) is 0 Å². The zero-order valence-corrected chi connectivity index (χ0v) is 13.1. The molecule has 1 aromatic heterocycles. The molecule has 0 radical (unpaired) electrons. The van der Waals surface area contributed by atoms with E-state index in [9.17, 15) is 9.59 Å². The van der Waals surface area contributed by atoms with E-state index in [1.807, 2.05) is 0 Å². The molecule has 1 heterocycles. The highest BCUT2D eigenvalue weighted by Gasteiger charge is 2.17. The molecule has 2 rings (SSSR count). The third-order valence-electron chi connectivity index (χ3n) is 2.51. The molecule has 9 heteroatoms. The minimum Gasteiger partial charge on any atom is -0.484 e. The summed E-state index contributed by atoms with van der Waals surface area (Å²) < 4.78 is 5.31. The second-order valence-corrected chi connectivity index (χ2v) is 5.54. The lowest BCUT2D eigenvalue weighted by Crippen LogP contribution is -2.22. The van der Waals surface area contributed by atoms with E-state index in [4.69, 9.17) is 22.1 Å². The summed E-state index contributed by atoms with van der Waals surface area (Å²) in [5, 5.41) is 6.67. The maximum atomic E-state index is 11.9. The Kier molecular flexibility index (Phi) is 5.18. The van der Waals surface area contributed by atoms with Crippen LogP contribution in [-0.4, -0.2) is 30.5 Å². The number of rotatable bonds is 6. The number of aromatic nitrogens is 1. The van der Waals surface area contributed by atoms with Crippen molar-refractivity contribution < 1.29 is 14.3 Å².